The van der Waals surface area contributed by atoms with Crippen molar-refractivity contribution in [2.75, 3.05) is 26.7 Å². The van der Waals surface area contributed by atoms with Gasteiger partial charge in [0.1, 0.15) is 10.6 Å². The highest BCUT2D eigenvalue weighted by Crippen LogP contribution is 2.31. The second-order valence-corrected chi connectivity index (χ2v) is 6.62. The Morgan fingerprint density at radius 2 is 2.19 bits per heavy atom. The predicted octanol–water partition coefficient (Wildman–Crippen LogP) is 0.586. The Labute approximate surface area is 122 Å². The Kier molecular flexibility index (Phi) is 4.45. The molecule has 1 heterocycles. The molecule has 0 bridgehead atoms. The Morgan fingerprint density at radius 1 is 1.48 bits per heavy atom. The van der Waals surface area contributed by atoms with E-state index in [4.69, 9.17) is 4.74 Å². The van der Waals surface area contributed by atoms with E-state index in [2.05, 4.69) is 5.32 Å². The van der Waals surface area contributed by atoms with Gasteiger partial charge in [-0.25, -0.2) is 8.42 Å². The van der Waals surface area contributed by atoms with Crippen molar-refractivity contribution in [3.05, 3.63) is 28.3 Å². The number of nitrogens with one attached hydrogen (secondary N) is 1. The molecule has 0 radical (unpaired) electrons. The average Bonchev–Trinajstić information content (AvgIpc) is 2.46. The molecule has 2 rings (SSSR count). The van der Waals surface area contributed by atoms with Gasteiger partial charge in [-0.1, -0.05) is 0 Å². The van der Waals surface area contributed by atoms with E-state index in [9.17, 15) is 18.5 Å². The Morgan fingerprint density at radius 3 is 2.76 bits per heavy atom. The molecule has 0 spiro atoms. The molecule has 1 atom stereocenters. The first-order valence-corrected chi connectivity index (χ1v) is 7.87. The lowest BCUT2D eigenvalue weighted by atomic mass is 10.3. The molecule has 0 amide bonds. The number of methoxy groups -OCH3 is 1. The Bertz CT molecular complexity index is 646. The molecule has 1 fully saturated rings. The van der Waals surface area contributed by atoms with Gasteiger partial charge in [-0.05, 0) is 13.0 Å². The van der Waals surface area contributed by atoms with Crippen LogP contribution in [0.3, 0.4) is 0 Å². The minimum atomic E-state index is -3.75. The second-order valence-electron chi connectivity index (χ2n) is 4.76. The van der Waals surface area contributed by atoms with Gasteiger partial charge in [0.05, 0.1) is 18.1 Å². The molecule has 1 saturated heterocycles. The van der Waals surface area contributed by atoms with E-state index < -0.39 is 14.9 Å². The zero-order chi connectivity index (χ0) is 15.6. The number of nitro benzene ring substituents is 1. The molecule has 1 N–H and O–H groups in total. The van der Waals surface area contributed by atoms with E-state index in [0.717, 1.165) is 6.07 Å². The maximum Gasteiger partial charge on any atom is 0.273 e. The van der Waals surface area contributed by atoms with Gasteiger partial charge in [-0.3, -0.25) is 10.1 Å². The maximum atomic E-state index is 12.7. The van der Waals surface area contributed by atoms with Gasteiger partial charge in [0.2, 0.25) is 10.0 Å². The average molecular weight is 315 g/mol. The summed E-state index contributed by atoms with van der Waals surface area (Å²) in [5, 5.41) is 13.9. The first kappa shape index (κ1) is 15.7. The van der Waals surface area contributed by atoms with Crippen molar-refractivity contribution in [1.29, 1.82) is 0 Å². The van der Waals surface area contributed by atoms with Gasteiger partial charge < -0.3 is 10.1 Å². The van der Waals surface area contributed by atoms with Crippen LogP contribution in [0.15, 0.2) is 23.1 Å². The highest BCUT2D eigenvalue weighted by atomic mass is 32.2. The third kappa shape index (κ3) is 2.99. The number of benzene rings is 1. The molecule has 1 aromatic carbocycles. The summed E-state index contributed by atoms with van der Waals surface area (Å²) < 4.78 is 31.8. The van der Waals surface area contributed by atoms with Crippen LogP contribution >= 0.6 is 0 Å². The van der Waals surface area contributed by atoms with Crippen molar-refractivity contribution in [2.45, 2.75) is 17.9 Å². The molecule has 0 aliphatic carbocycles. The number of nitrogens with zero attached hydrogens (tertiary/aromatic N) is 2. The highest BCUT2D eigenvalue weighted by Gasteiger charge is 2.33. The molecule has 21 heavy (non-hydrogen) atoms. The van der Waals surface area contributed by atoms with E-state index >= 15 is 0 Å². The van der Waals surface area contributed by atoms with Gasteiger partial charge in [-0.15, -0.1) is 0 Å². The number of hydrogen-bond acceptors (Lipinski definition) is 6. The lowest BCUT2D eigenvalue weighted by Gasteiger charge is -2.33. The van der Waals surface area contributed by atoms with E-state index in [1.54, 1.807) is 0 Å². The van der Waals surface area contributed by atoms with Crippen LogP contribution in [0.5, 0.6) is 5.75 Å². The predicted molar refractivity (Wildman–Crippen MR) is 75.9 cm³/mol. The summed E-state index contributed by atoms with van der Waals surface area (Å²) in [5.74, 6) is -0.0186. The fraction of sp³-hybridized carbons (Fsp3) is 0.500. The number of sulfonamides is 1. The van der Waals surface area contributed by atoms with Crippen molar-refractivity contribution < 1.29 is 18.1 Å². The third-order valence-electron chi connectivity index (χ3n) is 3.38. The minimum Gasteiger partial charge on any atom is -0.495 e. The quantitative estimate of drug-likeness (QED) is 0.644. The second kappa shape index (κ2) is 5.96. The molecule has 9 heteroatoms. The van der Waals surface area contributed by atoms with Crippen LogP contribution in [-0.4, -0.2) is 50.4 Å². The van der Waals surface area contributed by atoms with E-state index in [0.29, 0.717) is 19.6 Å². The molecule has 0 aromatic heterocycles. The number of hydrogen-bond donors (Lipinski definition) is 1. The lowest BCUT2D eigenvalue weighted by Crippen LogP contribution is -2.52. The molecule has 1 aliphatic heterocycles. The van der Waals surface area contributed by atoms with E-state index in [1.807, 2.05) is 6.92 Å². The number of ether oxygens (including phenoxy) is 1. The topological polar surface area (TPSA) is 102 Å². The lowest BCUT2D eigenvalue weighted by molar-refractivity contribution is -0.385. The number of rotatable bonds is 4. The molecular weight excluding hydrogens is 298 g/mol. The largest absolute Gasteiger partial charge is 0.495 e. The molecule has 1 aliphatic rings. The fourth-order valence-corrected chi connectivity index (χ4v) is 4.06. The van der Waals surface area contributed by atoms with Crippen LogP contribution in [0.4, 0.5) is 5.69 Å². The summed E-state index contributed by atoms with van der Waals surface area (Å²) in [6, 6.07) is 3.33. The molecule has 0 saturated carbocycles. The van der Waals surface area contributed by atoms with Crippen LogP contribution in [-0.2, 0) is 10.0 Å². The smallest absolute Gasteiger partial charge is 0.273 e. The highest BCUT2D eigenvalue weighted by molar-refractivity contribution is 7.89. The maximum absolute atomic E-state index is 12.7. The van der Waals surface area contributed by atoms with Crippen molar-refractivity contribution in [2.24, 2.45) is 0 Å². The van der Waals surface area contributed by atoms with Crippen LogP contribution in [0.1, 0.15) is 6.92 Å². The summed E-state index contributed by atoms with van der Waals surface area (Å²) in [6.07, 6.45) is 0. The monoisotopic (exact) mass is 315 g/mol. The standard InChI is InChI=1S/C12H17N3O5S/c1-9-8-13-5-6-14(9)21(18,19)12-4-3-10(15(16)17)7-11(12)20-2/h3-4,7,9,13H,5-6,8H2,1-2H3/t9-/m1/s1. The number of nitro groups is 1. The van der Waals surface area contributed by atoms with Gasteiger partial charge in [0, 0.05) is 31.7 Å². The number of non-ortho nitro benzene ring substituents is 1. The van der Waals surface area contributed by atoms with E-state index in [1.165, 1.54) is 23.5 Å². The Hall–Kier alpha value is -1.71. The van der Waals surface area contributed by atoms with Crippen LogP contribution < -0.4 is 10.1 Å². The first-order valence-electron chi connectivity index (χ1n) is 6.43. The molecule has 8 nitrogen and oxygen atoms in total. The molecule has 1 aromatic rings. The van der Waals surface area contributed by atoms with Crippen LogP contribution in [0, 0.1) is 10.1 Å². The fourth-order valence-electron chi connectivity index (χ4n) is 2.29. The van der Waals surface area contributed by atoms with Gasteiger partial charge in [-0.2, -0.15) is 4.31 Å². The molecule has 0 unspecified atom stereocenters. The van der Waals surface area contributed by atoms with Gasteiger partial charge in [0.25, 0.3) is 5.69 Å². The minimum absolute atomic E-state index is 0.0186. The first-order chi connectivity index (χ1) is 9.87. The summed E-state index contributed by atoms with van der Waals surface area (Å²) in [4.78, 5) is 10.1. The van der Waals surface area contributed by atoms with E-state index in [-0.39, 0.29) is 22.4 Å². The zero-order valence-electron chi connectivity index (χ0n) is 11.8. The molecular formula is C12H17N3O5S. The van der Waals surface area contributed by atoms with Crippen LogP contribution in [0.25, 0.3) is 0 Å². The zero-order valence-corrected chi connectivity index (χ0v) is 12.6. The van der Waals surface area contributed by atoms with Crippen molar-refractivity contribution in [3.63, 3.8) is 0 Å². The summed E-state index contributed by atoms with van der Waals surface area (Å²) >= 11 is 0. The Balaban J connectivity index is 2.46. The van der Waals surface area contributed by atoms with Gasteiger partial charge in [0.15, 0.2) is 0 Å². The summed E-state index contributed by atoms with van der Waals surface area (Å²) in [5.41, 5.74) is -0.209. The summed E-state index contributed by atoms with van der Waals surface area (Å²) in [7, 11) is -2.46. The van der Waals surface area contributed by atoms with Crippen molar-refractivity contribution >= 4 is 15.7 Å². The van der Waals surface area contributed by atoms with Crippen molar-refractivity contribution in [3.8, 4) is 5.75 Å². The third-order valence-corrected chi connectivity index (χ3v) is 5.44. The summed E-state index contributed by atoms with van der Waals surface area (Å²) in [6.45, 7) is 3.29. The van der Waals surface area contributed by atoms with Gasteiger partial charge >= 0.3 is 0 Å². The normalized spacial score (nSPS) is 20.2. The van der Waals surface area contributed by atoms with Crippen molar-refractivity contribution in [1.82, 2.24) is 9.62 Å². The molecule has 116 valence electrons. The van der Waals surface area contributed by atoms with Crippen LogP contribution in [0.2, 0.25) is 0 Å². The SMILES string of the molecule is COc1cc([N+](=O)[O-])ccc1S(=O)(=O)N1CCNC[C@H]1C. The number of piperazine rings is 1.